The van der Waals surface area contributed by atoms with Gasteiger partial charge in [0.25, 0.3) is 5.91 Å². The minimum atomic E-state index is -4.41. The molecule has 0 bridgehead atoms. The number of anilines is 2. The second-order valence-electron chi connectivity index (χ2n) is 10.7. The summed E-state index contributed by atoms with van der Waals surface area (Å²) in [7, 11) is 0. The van der Waals surface area contributed by atoms with Crippen LogP contribution in [-0.2, 0) is 17.5 Å². The molecular formula is C30H34Cl2F3N5O3. The predicted octanol–water partition coefficient (Wildman–Crippen LogP) is 6.54. The van der Waals surface area contributed by atoms with Crippen LogP contribution in [0, 0.1) is 5.92 Å². The van der Waals surface area contributed by atoms with Gasteiger partial charge in [-0.2, -0.15) is 13.2 Å². The number of carboxylic acid groups (broad SMARTS) is 1. The third kappa shape index (κ3) is 8.16. The molecule has 8 nitrogen and oxygen atoms in total. The van der Waals surface area contributed by atoms with E-state index in [1.54, 1.807) is 30.6 Å². The average molecular weight is 641 g/mol. The highest BCUT2D eigenvalue weighted by Crippen LogP contribution is 2.33. The van der Waals surface area contributed by atoms with Crippen molar-refractivity contribution < 1.29 is 27.9 Å². The van der Waals surface area contributed by atoms with E-state index in [-0.39, 0.29) is 36.4 Å². The van der Waals surface area contributed by atoms with Crippen LogP contribution in [0.3, 0.4) is 0 Å². The molecule has 43 heavy (non-hydrogen) atoms. The number of nitrogens with one attached hydrogen (secondary N) is 1. The summed E-state index contributed by atoms with van der Waals surface area (Å²) in [6.45, 7) is 4.87. The third-order valence-corrected chi connectivity index (χ3v) is 8.01. The van der Waals surface area contributed by atoms with Crippen LogP contribution in [0.5, 0.6) is 0 Å². The Balaban J connectivity index is 0.00000253. The fraction of sp³-hybridized carbons (Fsp3) is 0.400. The van der Waals surface area contributed by atoms with E-state index in [0.717, 1.165) is 42.8 Å². The summed E-state index contributed by atoms with van der Waals surface area (Å²) in [6, 6.07) is 10.6. The van der Waals surface area contributed by atoms with Gasteiger partial charge >= 0.3 is 12.1 Å². The summed E-state index contributed by atoms with van der Waals surface area (Å²) >= 11 is 0. The van der Waals surface area contributed by atoms with Crippen molar-refractivity contribution in [3.63, 3.8) is 0 Å². The summed E-state index contributed by atoms with van der Waals surface area (Å²) in [5.41, 5.74) is 2.51. The van der Waals surface area contributed by atoms with E-state index in [9.17, 15) is 27.9 Å². The molecule has 2 N–H and O–H groups in total. The Kier molecular flexibility index (Phi) is 11.4. The first-order chi connectivity index (χ1) is 19.6. The lowest BCUT2D eigenvalue weighted by Crippen LogP contribution is -2.36. The van der Waals surface area contributed by atoms with E-state index in [2.05, 4.69) is 32.0 Å². The number of aromatic nitrogens is 2. The number of carbonyl (C=O) groups is 2. The average Bonchev–Trinajstić information content (AvgIpc) is 3.37. The van der Waals surface area contributed by atoms with Crippen molar-refractivity contribution in [1.82, 2.24) is 14.9 Å². The highest BCUT2D eigenvalue weighted by atomic mass is 35.5. The maximum absolute atomic E-state index is 13.1. The molecule has 0 spiro atoms. The van der Waals surface area contributed by atoms with E-state index in [0.29, 0.717) is 55.5 Å². The summed E-state index contributed by atoms with van der Waals surface area (Å²) in [5, 5.41) is 12.0. The minimum Gasteiger partial charge on any atom is -0.481 e. The highest BCUT2D eigenvalue weighted by Gasteiger charge is 2.30. The zero-order chi connectivity index (χ0) is 29.1. The largest absolute Gasteiger partial charge is 0.481 e. The second-order valence-corrected chi connectivity index (χ2v) is 10.7. The van der Waals surface area contributed by atoms with Crippen LogP contribution in [0.2, 0.25) is 0 Å². The van der Waals surface area contributed by atoms with Gasteiger partial charge in [-0.05, 0) is 80.6 Å². The predicted molar refractivity (Wildman–Crippen MR) is 163 cm³/mol. The Morgan fingerprint density at radius 3 is 2.23 bits per heavy atom. The number of halogens is 5. The van der Waals surface area contributed by atoms with E-state index in [1.165, 1.54) is 12.1 Å². The molecule has 0 unspecified atom stereocenters. The Morgan fingerprint density at radius 2 is 1.67 bits per heavy atom. The van der Waals surface area contributed by atoms with Crippen molar-refractivity contribution in [2.45, 2.75) is 51.4 Å². The lowest BCUT2D eigenvalue weighted by molar-refractivity contribution is -0.142. The molecule has 2 saturated heterocycles. The number of aliphatic carboxylic acids is 1. The van der Waals surface area contributed by atoms with Gasteiger partial charge < -0.3 is 15.3 Å². The van der Waals surface area contributed by atoms with Crippen molar-refractivity contribution in [2.75, 3.05) is 29.9 Å². The van der Waals surface area contributed by atoms with Gasteiger partial charge in [0.1, 0.15) is 11.5 Å². The molecule has 13 heteroatoms. The molecule has 5 rings (SSSR count). The number of alkyl halides is 3. The fourth-order valence-electron chi connectivity index (χ4n) is 5.51. The molecule has 2 aromatic heterocycles. The molecule has 4 heterocycles. The van der Waals surface area contributed by atoms with E-state index in [4.69, 9.17) is 0 Å². The quantitative estimate of drug-likeness (QED) is 0.303. The van der Waals surface area contributed by atoms with Gasteiger partial charge in [-0.25, -0.2) is 9.97 Å². The number of rotatable bonds is 7. The van der Waals surface area contributed by atoms with Crippen LogP contribution in [0.4, 0.5) is 24.7 Å². The molecule has 2 aliphatic rings. The normalized spacial score (nSPS) is 17.6. The zero-order valence-electron chi connectivity index (χ0n) is 23.5. The Hall–Kier alpha value is -3.41. The molecule has 1 amide bonds. The van der Waals surface area contributed by atoms with Crippen LogP contribution in [0.15, 0.2) is 54.9 Å². The number of hydrogen-bond donors (Lipinski definition) is 2. The SMILES string of the molecule is C[C@@H]1CCCN1Cc1cc(NC(=O)c2ccc(N3CCC(C(=O)O)CC3)cn2)ncc1-c1ccc(C(F)(F)F)cc1.Cl.Cl. The van der Waals surface area contributed by atoms with E-state index >= 15 is 0 Å². The number of hydrogen-bond acceptors (Lipinski definition) is 6. The molecule has 232 valence electrons. The number of piperidine rings is 1. The molecule has 3 aromatic rings. The number of benzene rings is 1. The first kappa shape index (κ1) is 34.1. The molecule has 1 atom stereocenters. The molecule has 0 saturated carbocycles. The monoisotopic (exact) mass is 639 g/mol. The number of amides is 1. The van der Waals surface area contributed by atoms with E-state index < -0.39 is 23.6 Å². The van der Waals surface area contributed by atoms with Gasteiger partial charge in [0.15, 0.2) is 0 Å². The summed E-state index contributed by atoms with van der Waals surface area (Å²) in [6.07, 6.45) is 2.05. The lowest BCUT2D eigenvalue weighted by Gasteiger charge is -2.31. The smallest absolute Gasteiger partial charge is 0.416 e. The Morgan fingerprint density at radius 1 is 0.977 bits per heavy atom. The van der Waals surface area contributed by atoms with Crippen molar-refractivity contribution >= 4 is 48.2 Å². The van der Waals surface area contributed by atoms with Gasteiger partial charge in [0, 0.05) is 37.4 Å². The lowest BCUT2D eigenvalue weighted by atomic mass is 9.97. The Labute approximate surface area is 260 Å². The van der Waals surface area contributed by atoms with Gasteiger partial charge in [0.05, 0.1) is 23.4 Å². The number of carbonyl (C=O) groups excluding carboxylic acids is 1. The maximum atomic E-state index is 13.1. The fourth-order valence-corrected chi connectivity index (χ4v) is 5.51. The molecule has 1 aromatic carbocycles. The number of carboxylic acids is 1. The summed E-state index contributed by atoms with van der Waals surface area (Å²) in [4.78, 5) is 37.3. The standard InChI is InChI=1S/C30H32F3N5O3.2ClH/c1-19-3-2-12-38(19)18-22-15-27(35-17-25(22)20-4-6-23(7-5-20)30(31,32)33)36-28(39)26-9-8-24(16-34-26)37-13-10-21(11-14-37)29(40)41;;/h4-9,15-17,19,21H,2-3,10-14,18H2,1H3,(H,40,41)(H,35,36,39);2*1H/t19-;;/m1../s1. The van der Waals surface area contributed by atoms with Crippen LogP contribution >= 0.6 is 24.8 Å². The van der Waals surface area contributed by atoms with Gasteiger partial charge in [0.2, 0.25) is 0 Å². The van der Waals surface area contributed by atoms with Crippen LogP contribution in [-0.4, -0.2) is 57.5 Å². The second kappa shape index (κ2) is 14.4. The van der Waals surface area contributed by atoms with E-state index in [1.807, 2.05) is 0 Å². The van der Waals surface area contributed by atoms with Crippen LogP contribution in [0.25, 0.3) is 11.1 Å². The van der Waals surface area contributed by atoms with Crippen molar-refractivity contribution in [3.05, 3.63) is 71.7 Å². The Bertz CT molecular complexity index is 1400. The summed E-state index contributed by atoms with van der Waals surface area (Å²) < 4.78 is 39.3. The first-order valence-corrected chi connectivity index (χ1v) is 13.7. The molecule has 0 radical (unpaired) electrons. The van der Waals surface area contributed by atoms with Crippen molar-refractivity contribution in [1.29, 1.82) is 0 Å². The number of likely N-dealkylation sites (tertiary alicyclic amines) is 1. The van der Waals surface area contributed by atoms with Gasteiger partial charge in [-0.3, -0.25) is 14.5 Å². The molecule has 0 aliphatic carbocycles. The topological polar surface area (TPSA) is 98.7 Å². The van der Waals surface area contributed by atoms with Gasteiger partial charge in [-0.15, -0.1) is 24.8 Å². The van der Waals surface area contributed by atoms with Gasteiger partial charge in [-0.1, -0.05) is 12.1 Å². The van der Waals surface area contributed by atoms with Crippen molar-refractivity contribution in [3.8, 4) is 11.1 Å². The molecule has 2 aliphatic heterocycles. The zero-order valence-corrected chi connectivity index (χ0v) is 25.1. The number of nitrogens with zero attached hydrogens (tertiary/aromatic N) is 4. The third-order valence-electron chi connectivity index (χ3n) is 8.01. The van der Waals surface area contributed by atoms with Crippen LogP contribution < -0.4 is 10.2 Å². The maximum Gasteiger partial charge on any atom is 0.416 e. The van der Waals surface area contributed by atoms with Crippen LogP contribution in [0.1, 0.15) is 54.2 Å². The molecule has 2 fully saturated rings. The highest BCUT2D eigenvalue weighted by molar-refractivity contribution is 6.02. The van der Waals surface area contributed by atoms with Crippen molar-refractivity contribution in [2.24, 2.45) is 5.92 Å². The summed E-state index contributed by atoms with van der Waals surface area (Å²) in [5.74, 6) is -1.21. The first-order valence-electron chi connectivity index (χ1n) is 13.7. The number of pyridine rings is 2. The minimum absolute atomic E-state index is 0. The molecular weight excluding hydrogens is 606 g/mol.